The van der Waals surface area contributed by atoms with Crippen LogP contribution in [0.15, 0.2) is 30.3 Å². The van der Waals surface area contributed by atoms with Crippen LogP contribution in [0, 0.1) is 0 Å². The molecule has 0 aromatic heterocycles. The van der Waals surface area contributed by atoms with E-state index in [0.29, 0.717) is 12.1 Å². The van der Waals surface area contributed by atoms with E-state index >= 15 is 0 Å². The van der Waals surface area contributed by atoms with Gasteiger partial charge in [-0.25, -0.2) is 4.79 Å². The highest BCUT2D eigenvalue weighted by atomic mass is 19.4. The van der Waals surface area contributed by atoms with Crippen LogP contribution in [0.1, 0.15) is 15.9 Å². The first-order valence-corrected chi connectivity index (χ1v) is 4.85. The molecule has 0 saturated heterocycles. The van der Waals surface area contributed by atoms with E-state index in [1.54, 1.807) is 0 Å². The summed E-state index contributed by atoms with van der Waals surface area (Å²) < 4.78 is 37.6. The van der Waals surface area contributed by atoms with E-state index in [4.69, 9.17) is 5.11 Å². The molecule has 0 aliphatic carbocycles. The number of hydrogen-bond acceptors (Lipinski definition) is 2. The number of aromatic carboxylic acids is 1. The van der Waals surface area contributed by atoms with E-state index in [1.165, 1.54) is 18.2 Å². The molecule has 0 amide bonds. The van der Waals surface area contributed by atoms with Crippen molar-refractivity contribution in [3.8, 4) is 5.75 Å². The van der Waals surface area contributed by atoms with Gasteiger partial charge in [0.15, 0.2) is 0 Å². The lowest BCUT2D eigenvalue weighted by molar-refractivity contribution is -0.275. The summed E-state index contributed by atoms with van der Waals surface area (Å²) in [7, 11) is 0. The Labute approximate surface area is 99.1 Å². The van der Waals surface area contributed by atoms with Crippen molar-refractivity contribution in [1.29, 1.82) is 0 Å². The Balaban J connectivity index is 2.79. The van der Waals surface area contributed by atoms with Gasteiger partial charge in [-0.05, 0) is 22.9 Å². The number of carboxylic acid groups (broad SMARTS) is 1. The molecule has 0 aliphatic heterocycles. The largest absolute Gasteiger partial charge is 0.872 e. The Kier molecular flexibility index (Phi) is 2.65. The van der Waals surface area contributed by atoms with Crippen LogP contribution >= 0.6 is 0 Å². The number of carbonyl (C=O) groups is 1. The Morgan fingerprint density at radius 2 is 1.89 bits per heavy atom. The highest BCUT2D eigenvalue weighted by Crippen LogP contribution is 2.37. The van der Waals surface area contributed by atoms with Crippen LogP contribution in [0.2, 0.25) is 0 Å². The van der Waals surface area contributed by atoms with Crippen LogP contribution in [0.3, 0.4) is 0 Å². The van der Waals surface area contributed by atoms with Gasteiger partial charge in [0.2, 0.25) is 0 Å². The SMILES string of the molecule is O=C(O)c1cccc2cc(C(F)(F)F)c([O-])cc12. The summed E-state index contributed by atoms with van der Waals surface area (Å²) in [5.41, 5.74) is -1.49. The minimum absolute atomic E-state index is 0.00278. The molecule has 0 fully saturated rings. The highest BCUT2D eigenvalue weighted by molar-refractivity contribution is 6.04. The molecule has 0 spiro atoms. The fraction of sp³-hybridized carbons (Fsp3) is 0.0833. The molecule has 0 atom stereocenters. The molecule has 3 nitrogen and oxygen atoms in total. The van der Waals surface area contributed by atoms with Gasteiger partial charge in [0.25, 0.3) is 0 Å². The molecule has 18 heavy (non-hydrogen) atoms. The van der Waals surface area contributed by atoms with Crippen LogP contribution in [0.5, 0.6) is 5.75 Å². The molecule has 0 heterocycles. The van der Waals surface area contributed by atoms with Gasteiger partial charge in [-0.3, -0.25) is 0 Å². The highest BCUT2D eigenvalue weighted by Gasteiger charge is 2.31. The van der Waals surface area contributed by atoms with Crippen molar-refractivity contribution in [2.75, 3.05) is 0 Å². The lowest BCUT2D eigenvalue weighted by atomic mass is 10.0. The smallest absolute Gasteiger partial charge is 0.415 e. The molecule has 6 heteroatoms. The summed E-state index contributed by atoms with van der Waals surface area (Å²) in [6, 6.07) is 5.27. The number of rotatable bonds is 1. The summed E-state index contributed by atoms with van der Waals surface area (Å²) in [6.07, 6.45) is -4.75. The molecular weight excluding hydrogens is 249 g/mol. The van der Waals surface area contributed by atoms with Gasteiger partial charge in [0.05, 0.1) is 5.56 Å². The van der Waals surface area contributed by atoms with E-state index in [2.05, 4.69) is 0 Å². The van der Waals surface area contributed by atoms with E-state index in [-0.39, 0.29) is 16.3 Å². The Bertz CT molecular complexity index is 632. The summed E-state index contributed by atoms with van der Waals surface area (Å²) in [5.74, 6) is -2.52. The average Bonchev–Trinajstić information content (AvgIpc) is 2.25. The van der Waals surface area contributed by atoms with Gasteiger partial charge in [-0.1, -0.05) is 23.9 Å². The number of alkyl halides is 3. The predicted molar refractivity (Wildman–Crippen MR) is 55.4 cm³/mol. The Morgan fingerprint density at radius 3 is 2.44 bits per heavy atom. The standard InChI is InChI=1S/C12H7F3O3/c13-12(14,15)9-4-6-2-1-3-7(11(17)18)8(6)5-10(9)16/h1-5,16H,(H,17,18)/p-1. The molecule has 1 N–H and O–H groups in total. The summed E-state index contributed by atoms with van der Waals surface area (Å²) >= 11 is 0. The monoisotopic (exact) mass is 255 g/mol. The minimum Gasteiger partial charge on any atom is -0.872 e. The van der Waals surface area contributed by atoms with Crippen molar-refractivity contribution in [2.45, 2.75) is 6.18 Å². The van der Waals surface area contributed by atoms with Crippen LogP contribution in [0.25, 0.3) is 10.8 Å². The fourth-order valence-electron chi connectivity index (χ4n) is 1.71. The van der Waals surface area contributed by atoms with Crippen molar-refractivity contribution >= 4 is 16.7 Å². The second-order valence-corrected chi connectivity index (χ2v) is 3.68. The number of fused-ring (bicyclic) bond motifs is 1. The van der Waals surface area contributed by atoms with E-state index < -0.39 is 23.5 Å². The lowest BCUT2D eigenvalue weighted by Crippen LogP contribution is -2.10. The van der Waals surface area contributed by atoms with Gasteiger partial charge in [-0.15, -0.1) is 0 Å². The van der Waals surface area contributed by atoms with Crippen molar-refractivity contribution in [3.05, 3.63) is 41.5 Å². The van der Waals surface area contributed by atoms with Gasteiger partial charge in [-0.2, -0.15) is 13.2 Å². The maximum atomic E-state index is 12.5. The zero-order valence-electron chi connectivity index (χ0n) is 8.78. The quantitative estimate of drug-likeness (QED) is 0.852. The number of benzene rings is 2. The van der Waals surface area contributed by atoms with Gasteiger partial charge < -0.3 is 10.2 Å². The maximum absolute atomic E-state index is 12.5. The van der Waals surface area contributed by atoms with E-state index in [1.807, 2.05) is 0 Å². The maximum Gasteiger partial charge on any atom is 0.415 e. The number of halogens is 3. The number of carboxylic acids is 1. The molecular formula is C12H6F3O3-. The van der Waals surface area contributed by atoms with Crippen LogP contribution in [0.4, 0.5) is 13.2 Å². The van der Waals surface area contributed by atoms with Gasteiger partial charge in [0.1, 0.15) is 0 Å². The van der Waals surface area contributed by atoms with Crippen molar-refractivity contribution in [3.63, 3.8) is 0 Å². The molecule has 0 radical (unpaired) electrons. The van der Waals surface area contributed by atoms with E-state index in [0.717, 1.165) is 0 Å². The van der Waals surface area contributed by atoms with Crippen LogP contribution in [-0.2, 0) is 6.18 Å². The van der Waals surface area contributed by atoms with Crippen LogP contribution in [-0.4, -0.2) is 11.1 Å². The second kappa shape index (κ2) is 3.90. The first-order valence-electron chi connectivity index (χ1n) is 4.85. The van der Waals surface area contributed by atoms with Gasteiger partial charge >= 0.3 is 12.1 Å². The topological polar surface area (TPSA) is 60.4 Å². The summed E-state index contributed by atoms with van der Waals surface area (Å²) in [5, 5.41) is 20.3. The molecule has 0 saturated carbocycles. The normalized spacial score (nSPS) is 11.7. The van der Waals surface area contributed by atoms with Crippen molar-refractivity contribution in [2.24, 2.45) is 0 Å². The number of hydrogen-bond donors (Lipinski definition) is 1. The minimum atomic E-state index is -4.75. The van der Waals surface area contributed by atoms with Gasteiger partial charge in [0, 0.05) is 5.56 Å². The van der Waals surface area contributed by atoms with Crippen LogP contribution < -0.4 is 5.11 Å². The van der Waals surface area contributed by atoms with Crippen molar-refractivity contribution < 1.29 is 28.2 Å². The molecule has 2 aromatic rings. The third kappa shape index (κ3) is 1.97. The zero-order valence-corrected chi connectivity index (χ0v) is 8.78. The molecule has 0 unspecified atom stereocenters. The van der Waals surface area contributed by atoms with Crippen molar-refractivity contribution in [1.82, 2.24) is 0 Å². The third-order valence-electron chi connectivity index (χ3n) is 2.52. The molecule has 2 rings (SSSR count). The zero-order chi connectivity index (χ0) is 13.5. The summed E-state index contributed by atoms with van der Waals surface area (Å²) in [6.45, 7) is 0. The Hall–Kier alpha value is -2.24. The lowest BCUT2D eigenvalue weighted by Gasteiger charge is -2.17. The predicted octanol–water partition coefficient (Wildman–Crippen LogP) is 2.63. The third-order valence-corrected chi connectivity index (χ3v) is 2.52. The summed E-state index contributed by atoms with van der Waals surface area (Å²) in [4.78, 5) is 10.9. The first-order chi connectivity index (χ1) is 8.30. The Morgan fingerprint density at radius 1 is 1.22 bits per heavy atom. The molecule has 0 bridgehead atoms. The first kappa shape index (κ1) is 12.2. The van der Waals surface area contributed by atoms with E-state index in [9.17, 15) is 23.1 Å². The molecule has 2 aromatic carbocycles. The fourth-order valence-corrected chi connectivity index (χ4v) is 1.71. The average molecular weight is 255 g/mol. The second-order valence-electron chi connectivity index (χ2n) is 3.68. The molecule has 94 valence electrons. The molecule has 0 aliphatic rings.